The van der Waals surface area contributed by atoms with Crippen molar-refractivity contribution in [3.8, 4) is 5.75 Å². The van der Waals surface area contributed by atoms with Crippen LogP contribution in [-0.2, 0) is 32.0 Å². The molecule has 0 radical (unpaired) electrons. The van der Waals surface area contributed by atoms with E-state index < -0.39 is 35.7 Å². The van der Waals surface area contributed by atoms with Gasteiger partial charge >= 0.3 is 0 Å². The van der Waals surface area contributed by atoms with Gasteiger partial charge in [0.1, 0.15) is 11.5 Å². The summed E-state index contributed by atoms with van der Waals surface area (Å²) in [6, 6.07) is 10.6. The van der Waals surface area contributed by atoms with Crippen LogP contribution < -0.4 is 34.0 Å². The van der Waals surface area contributed by atoms with E-state index in [1.807, 2.05) is 44.2 Å². The average molecular weight is 610 g/mol. The number of hydrogen-bond donors (Lipinski definition) is 7. The second-order valence-corrected chi connectivity index (χ2v) is 11.3. The van der Waals surface area contributed by atoms with Crippen LogP contribution in [0.3, 0.4) is 0 Å². The molecule has 0 saturated carbocycles. The molecule has 0 spiro atoms. The Hall–Kier alpha value is -4.29. The summed E-state index contributed by atoms with van der Waals surface area (Å²) in [4.78, 5) is 56.6. The van der Waals surface area contributed by atoms with Crippen molar-refractivity contribution >= 4 is 29.3 Å². The highest BCUT2D eigenvalue weighted by molar-refractivity contribution is 5.94. The van der Waals surface area contributed by atoms with E-state index in [1.54, 1.807) is 12.1 Å². The summed E-state index contributed by atoms with van der Waals surface area (Å²) in [6.07, 6.45) is 1.01. The van der Waals surface area contributed by atoms with Crippen molar-refractivity contribution in [3.63, 3.8) is 0 Å². The van der Waals surface area contributed by atoms with Crippen LogP contribution in [0.15, 0.2) is 47.5 Å². The third-order valence-corrected chi connectivity index (χ3v) is 7.67. The van der Waals surface area contributed by atoms with Crippen LogP contribution in [0.5, 0.6) is 5.75 Å². The molecule has 0 aromatic heterocycles. The summed E-state index contributed by atoms with van der Waals surface area (Å²) in [7, 11) is 0. The highest BCUT2D eigenvalue weighted by Gasteiger charge is 2.31. The summed E-state index contributed by atoms with van der Waals surface area (Å²) in [5, 5.41) is 12.8. The van der Waals surface area contributed by atoms with Crippen molar-refractivity contribution in [2.75, 3.05) is 13.1 Å². The number of hydrogen-bond acceptors (Lipinski definition) is 8. The fourth-order valence-electron chi connectivity index (χ4n) is 5.17. The van der Waals surface area contributed by atoms with Crippen LogP contribution in [-0.4, -0.2) is 59.6 Å². The summed E-state index contributed by atoms with van der Waals surface area (Å²) in [6.45, 7) is 4.07. The van der Waals surface area contributed by atoms with Crippen LogP contribution in [0.25, 0.3) is 0 Å². The molecule has 0 aliphatic heterocycles. The summed E-state index contributed by atoms with van der Waals surface area (Å²) in [5.74, 6) is -3.47. The number of Topliss-reactive ketones (excluding diaryl/α,β-unsaturated/α-hetero) is 2. The number of aliphatic imine (C=N–C) groups is 1. The fraction of sp³-hybridized carbons (Fsp3) is 0.469. The highest BCUT2D eigenvalue weighted by atomic mass is 16.3. The molecule has 0 saturated heterocycles. The summed E-state index contributed by atoms with van der Waals surface area (Å²) >= 11 is 0. The van der Waals surface area contributed by atoms with Gasteiger partial charge in [0.2, 0.25) is 11.8 Å². The van der Waals surface area contributed by atoms with Gasteiger partial charge < -0.3 is 39.1 Å². The molecule has 2 aromatic carbocycles. The average Bonchev–Trinajstić information content (AvgIpc) is 2.95. The largest absolute Gasteiger partial charge is 0.508 e. The summed E-state index contributed by atoms with van der Waals surface area (Å²) < 4.78 is 0. The fourth-order valence-corrected chi connectivity index (χ4v) is 5.17. The van der Waals surface area contributed by atoms with Crippen molar-refractivity contribution in [2.24, 2.45) is 45.5 Å². The minimum absolute atomic E-state index is 0.0922. The zero-order chi connectivity index (χ0) is 32.8. The molecular formula is C32H47N7O5. The minimum Gasteiger partial charge on any atom is -0.508 e. The van der Waals surface area contributed by atoms with E-state index in [1.165, 1.54) is 0 Å². The van der Waals surface area contributed by atoms with Crippen molar-refractivity contribution in [3.05, 3.63) is 64.7 Å². The van der Waals surface area contributed by atoms with E-state index in [2.05, 4.69) is 10.3 Å². The van der Waals surface area contributed by atoms with E-state index in [0.29, 0.717) is 13.0 Å². The van der Waals surface area contributed by atoms with Crippen LogP contribution in [0.4, 0.5) is 0 Å². The zero-order valence-corrected chi connectivity index (χ0v) is 25.6. The van der Waals surface area contributed by atoms with Crippen LogP contribution in [0, 0.1) is 25.7 Å². The normalized spacial score (nSPS) is 13.7. The second kappa shape index (κ2) is 17.7. The molecule has 2 amide bonds. The molecule has 0 aliphatic rings. The first-order valence-electron chi connectivity index (χ1n) is 14.8. The van der Waals surface area contributed by atoms with Crippen molar-refractivity contribution < 1.29 is 24.3 Å². The number of guanidine groups is 1. The second-order valence-electron chi connectivity index (χ2n) is 11.3. The lowest BCUT2D eigenvalue weighted by Gasteiger charge is -2.25. The standard InChI is InChI=1S/C32H47N7O5/c1-19-13-24(40)14-20(2)25(19)16-23(18-28(41)26(34)10-12-38-32(36)37)31(44)39-27(9-6-11-33)29(42)17-22(30(35)43)15-21-7-4-3-5-8-21/h3-5,7-8,13-14,22-23,26-27,40H,6,9-12,15-18,33-34H2,1-2H3,(H2,35,43)(H,39,44)(H4,36,37,38)/t22-,23-,26-,27+/m1/s1. The van der Waals surface area contributed by atoms with Gasteiger partial charge in [-0.1, -0.05) is 30.3 Å². The molecule has 4 atom stereocenters. The lowest BCUT2D eigenvalue weighted by atomic mass is 9.86. The summed E-state index contributed by atoms with van der Waals surface area (Å²) in [5.41, 5.74) is 31.4. The lowest BCUT2D eigenvalue weighted by Crippen LogP contribution is -2.46. The number of amides is 2. The monoisotopic (exact) mass is 609 g/mol. The van der Waals surface area contributed by atoms with Gasteiger partial charge in [-0.25, -0.2) is 0 Å². The minimum atomic E-state index is -0.932. The van der Waals surface area contributed by atoms with Gasteiger partial charge in [0, 0.05) is 31.2 Å². The van der Waals surface area contributed by atoms with Crippen LogP contribution in [0.2, 0.25) is 0 Å². The first-order valence-corrected chi connectivity index (χ1v) is 14.8. The number of carbonyl (C=O) groups is 4. The number of aromatic hydroxyl groups is 1. The molecule has 0 unspecified atom stereocenters. The Morgan fingerprint density at radius 3 is 2.07 bits per heavy atom. The number of benzene rings is 2. The predicted molar refractivity (Wildman–Crippen MR) is 170 cm³/mol. The smallest absolute Gasteiger partial charge is 0.224 e. The van der Waals surface area contributed by atoms with Crippen molar-refractivity contribution in [2.45, 2.75) is 70.9 Å². The topological polar surface area (TPSA) is 243 Å². The Kier molecular flexibility index (Phi) is 14.5. The maximum Gasteiger partial charge on any atom is 0.224 e. The number of carbonyl (C=O) groups excluding carboxylic acids is 4. The number of nitrogens with two attached hydrogens (primary N) is 5. The Morgan fingerprint density at radius 1 is 0.886 bits per heavy atom. The number of phenols is 1. The number of nitrogens with one attached hydrogen (secondary N) is 1. The van der Waals surface area contributed by atoms with Gasteiger partial charge in [-0.2, -0.15) is 0 Å². The molecular weight excluding hydrogens is 562 g/mol. The van der Waals surface area contributed by atoms with Crippen LogP contribution >= 0.6 is 0 Å². The molecule has 240 valence electrons. The molecule has 0 fully saturated rings. The van der Waals surface area contributed by atoms with Gasteiger partial charge in [-0.3, -0.25) is 24.2 Å². The highest BCUT2D eigenvalue weighted by Crippen LogP contribution is 2.25. The van der Waals surface area contributed by atoms with Crippen molar-refractivity contribution in [1.29, 1.82) is 0 Å². The number of rotatable bonds is 19. The third kappa shape index (κ3) is 11.8. The molecule has 12 nitrogen and oxygen atoms in total. The Balaban J connectivity index is 2.30. The molecule has 2 rings (SSSR count). The van der Waals surface area contributed by atoms with E-state index in [-0.39, 0.29) is 68.3 Å². The van der Waals surface area contributed by atoms with E-state index in [4.69, 9.17) is 28.7 Å². The number of phenolic OH excluding ortho intramolecular Hbond substituents is 1. The molecule has 12 heteroatoms. The van der Waals surface area contributed by atoms with E-state index in [0.717, 1.165) is 22.3 Å². The van der Waals surface area contributed by atoms with Crippen molar-refractivity contribution in [1.82, 2.24) is 5.32 Å². The number of nitrogens with zero attached hydrogens (tertiary/aromatic N) is 1. The number of ketones is 2. The Bertz CT molecular complexity index is 1290. The van der Waals surface area contributed by atoms with Gasteiger partial charge in [0.25, 0.3) is 0 Å². The first-order chi connectivity index (χ1) is 20.8. The maximum atomic E-state index is 13.8. The molecule has 2 aromatic rings. The number of aryl methyl sites for hydroxylation is 2. The van der Waals surface area contributed by atoms with E-state index >= 15 is 0 Å². The molecule has 12 N–H and O–H groups in total. The van der Waals surface area contributed by atoms with Gasteiger partial charge in [0.05, 0.1) is 12.1 Å². The molecule has 0 heterocycles. The maximum absolute atomic E-state index is 13.8. The molecule has 44 heavy (non-hydrogen) atoms. The van der Waals surface area contributed by atoms with Gasteiger partial charge in [-0.05, 0) is 86.9 Å². The zero-order valence-electron chi connectivity index (χ0n) is 25.6. The van der Waals surface area contributed by atoms with Crippen LogP contribution in [0.1, 0.15) is 54.4 Å². The Morgan fingerprint density at radius 2 is 1.50 bits per heavy atom. The SMILES string of the molecule is Cc1cc(O)cc(C)c1C[C@H](CC(=O)[C@H](N)CCN=C(N)N)C(=O)N[C@@H](CCCN)C(=O)C[C@@H](Cc1ccccc1)C(N)=O. The lowest BCUT2D eigenvalue weighted by molar-refractivity contribution is -0.133. The Labute approximate surface area is 258 Å². The third-order valence-electron chi connectivity index (χ3n) is 7.67. The molecule has 0 bridgehead atoms. The van der Waals surface area contributed by atoms with E-state index in [9.17, 15) is 24.3 Å². The number of primary amides is 1. The van der Waals surface area contributed by atoms with Gasteiger partial charge in [-0.15, -0.1) is 0 Å². The predicted octanol–water partition coefficient (Wildman–Crippen LogP) is 0.645. The van der Waals surface area contributed by atoms with Gasteiger partial charge in [0.15, 0.2) is 11.7 Å². The molecule has 0 aliphatic carbocycles. The first kappa shape index (κ1) is 35.9. The quantitative estimate of drug-likeness (QED) is 0.0871.